The number of nitrogens with one attached hydrogen (secondary N) is 2. The van der Waals surface area contributed by atoms with Crippen LogP contribution in [0, 0.1) is 6.92 Å². The van der Waals surface area contributed by atoms with E-state index in [2.05, 4.69) is 10.6 Å². The number of benzene rings is 4. The van der Waals surface area contributed by atoms with E-state index in [1.165, 1.54) is 6.08 Å². The number of carbonyl (C=O) groups is 2. The number of phenols is 1. The van der Waals surface area contributed by atoms with Crippen molar-refractivity contribution in [3.63, 3.8) is 0 Å². The molecule has 4 aromatic rings. The topological polar surface area (TPSA) is 123 Å². The van der Waals surface area contributed by atoms with Crippen LogP contribution in [0.4, 0.5) is 21.9 Å². The third-order valence-corrected chi connectivity index (χ3v) is 6.52. The molecule has 4 rings (SSSR count). The molecule has 4 aromatic carbocycles. The summed E-state index contributed by atoms with van der Waals surface area (Å²) in [7, 11) is 1.55. The van der Waals surface area contributed by atoms with E-state index in [-0.39, 0.29) is 11.7 Å². The van der Waals surface area contributed by atoms with Crippen molar-refractivity contribution in [3.05, 3.63) is 108 Å². The summed E-state index contributed by atoms with van der Waals surface area (Å²) in [5.74, 6) is -0.175. The maximum atomic E-state index is 13.0. The Morgan fingerprint density at radius 2 is 1.62 bits per heavy atom. The summed E-state index contributed by atoms with van der Waals surface area (Å²) < 4.78 is 11.8. The van der Waals surface area contributed by atoms with Crippen LogP contribution in [0.2, 0.25) is 0 Å². The number of allylic oxidation sites excluding steroid dienone is 1. The summed E-state index contributed by atoms with van der Waals surface area (Å²) in [6, 6.07) is 25.1. The minimum atomic E-state index is -0.799. The predicted octanol–water partition coefficient (Wildman–Crippen LogP) is 6.72. The highest BCUT2D eigenvalue weighted by atomic mass is 16.6. The molecule has 206 valence electrons. The highest BCUT2D eigenvalue weighted by Gasteiger charge is 2.29. The van der Waals surface area contributed by atoms with Gasteiger partial charge in [0.05, 0.1) is 17.5 Å². The number of carbonyl (C=O) groups excluding carboxylic acids is 2. The molecule has 0 heterocycles. The zero-order chi connectivity index (χ0) is 28.5. The molecule has 0 unspecified atom stereocenters. The zero-order valence-electron chi connectivity index (χ0n) is 22.5. The first-order valence-electron chi connectivity index (χ1n) is 13.0. The first kappa shape index (κ1) is 28.2. The van der Waals surface area contributed by atoms with Gasteiger partial charge in [-0.2, -0.15) is 0 Å². The standard InChI is InChI=1S/C32H33N3O5/c1-21-15-17-22(18-16-21)34-32(38)40-31(25-19-20-28(36)24-10-4-3-9-23(24)25)29(39-2)13-7-8-14-30(37)35-27-12-6-5-11-26(27)33/h3-6,8-12,14-20,29,31,36H,7,13,33H2,1-2H3,(H,34,38)(H,35,37)/b14-8+/t29-,31-/m0/s1. The van der Waals surface area contributed by atoms with Gasteiger partial charge in [-0.05, 0) is 61.6 Å². The number of nitrogens with two attached hydrogens (primary N) is 1. The maximum Gasteiger partial charge on any atom is 0.412 e. The molecule has 0 aromatic heterocycles. The fourth-order valence-corrected chi connectivity index (χ4v) is 4.42. The smallest absolute Gasteiger partial charge is 0.412 e. The largest absolute Gasteiger partial charge is 0.507 e. The Morgan fingerprint density at radius 1 is 0.925 bits per heavy atom. The van der Waals surface area contributed by atoms with Gasteiger partial charge in [-0.3, -0.25) is 10.1 Å². The molecule has 2 amide bonds. The van der Waals surface area contributed by atoms with Crippen molar-refractivity contribution in [2.75, 3.05) is 23.5 Å². The Bertz CT molecular complexity index is 1500. The van der Waals surface area contributed by atoms with Crippen LogP contribution >= 0.6 is 0 Å². The number of amides is 2. The molecule has 0 fully saturated rings. The van der Waals surface area contributed by atoms with Crippen LogP contribution in [-0.2, 0) is 14.3 Å². The lowest BCUT2D eigenvalue weighted by Crippen LogP contribution is -2.28. The van der Waals surface area contributed by atoms with E-state index >= 15 is 0 Å². The van der Waals surface area contributed by atoms with Crippen molar-refractivity contribution in [2.45, 2.75) is 32.0 Å². The summed E-state index contributed by atoms with van der Waals surface area (Å²) in [5.41, 5.74) is 9.29. The molecule has 40 heavy (non-hydrogen) atoms. The van der Waals surface area contributed by atoms with Crippen molar-refractivity contribution in [3.8, 4) is 5.75 Å². The van der Waals surface area contributed by atoms with Gasteiger partial charge in [0.1, 0.15) is 5.75 Å². The molecule has 0 aliphatic carbocycles. The van der Waals surface area contributed by atoms with E-state index in [4.69, 9.17) is 15.2 Å². The van der Waals surface area contributed by atoms with Gasteiger partial charge in [0, 0.05) is 23.7 Å². The van der Waals surface area contributed by atoms with E-state index in [1.54, 1.807) is 67.8 Å². The molecule has 2 atom stereocenters. The Morgan fingerprint density at radius 3 is 2.35 bits per heavy atom. The Hall–Kier alpha value is -4.82. The summed E-state index contributed by atoms with van der Waals surface area (Å²) in [6.45, 7) is 1.96. The number of hydrogen-bond acceptors (Lipinski definition) is 6. The molecule has 5 N–H and O–H groups in total. The number of aromatic hydroxyl groups is 1. The lowest BCUT2D eigenvalue weighted by molar-refractivity contribution is -0.111. The number of rotatable bonds is 10. The Kier molecular flexibility index (Phi) is 9.38. The first-order chi connectivity index (χ1) is 19.4. The minimum absolute atomic E-state index is 0.129. The van der Waals surface area contributed by atoms with Crippen molar-refractivity contribution in [2.24, 2.45) is 0 Å². The number of nitrogen functional groups attached to an aromatic ring is 1. The van der Waals surface area contributed by atoms with Gasteiger partial charge < -0.3 is 25.6 Å². The molecule has 8 heteroatoms. The van der Waals surface area contributed by atoms with Crippen molar-refractivity contribution >= 4 is 39.8 Å². The van der Waals surface area contributed by atoms with Gasteiger partial charge in [0.2, 0.25) is 5.91 Å². The Balaban J connectivity index is 1.52. The summed E-state index contributed by atoms with van der Waals surface area (Å²) in [6.07, 6.45) is 2.12. The van der Waals surface area contributed by atoms with Crippen LogP contribution < -0.4 is 16.4 Å². The fourth-order valence-electron chi connectivity index (χ4n) is 4.42. The van der Waals surface area contributed by atoms with Gasteiger partial charge in [-0.15, -0.1) is 0 Å². The minimum Gasteiger partial charge on any atom is -0.507 e. The number of anilines is 3. The number of fused-ring (bicyclic) bond motifs is 1. The van der Waals surface area contributed by atoms with Gasteiger partial charge in [0.15, 0.2) is 6.10 Å². The molecule has 0 aliphatic heterocycles. The van der Waals surface area contributed by atoms with E-state index in [0.717, 1.165) is 10.9 Å². The summed E-state index contributed by atoms with van der Waals surface area (Å²) >= 11 is 0. The number of ether oxygens (including phenoxy) is 2. The van der Waals surface area contributed by atoms with Crippen LogP contribution in [-0.4, -0.2) is 30.3 Å². The summed E-state index contributed by atoms with van der Waals surface area (Å²) in [4.78, 5) is 25.4. The van der Waals surface area contributed by atoms with Crippen LogP contribution in [0.15, 0.2) is 97.1 Å². The highest BCUT2D eigenvalue weighted by Crippen LogP contribution is 2.36. The first-order valence-corrected chi connectivity index (χ1v) is 13.0. The van der Waals surface area contributed by atoms with Crippen LogP contribution in [0.5, 0.6) is 5.75 Å². The van der Waals surface area contributed by atoms with E-state index in [1.807, 2.05) is 37.3 Å². The molecule has 0 aliphatic rings. The highest BCUT2D eigenvalue weighted by molar-refractivity contribution is 6.01. The quantitative estimate of drug-likeness (QED) is 0.131. The lowest BCUT2D eigenvalue weighted by atomic mass is 9.94. The number of aryl methyl sites for hydroxylation is 1. The van der Waals surface area contributed by atoms with Gasteiger partial charge in [0.25, 0.3) is 0 Å². The van der Waals surface area contributed by atoms with Crippen LogP contribution in [0.3, 0.4) is 0 Å². The average Bonchev–Trinajstić information content (AvgIpc) is 2.95. The van der Waals surface area contributed by atoms with E-state index < -0.39 is 18.3 Å². The third-order valence-electron chi connectivity index (χ3n) is 6.52. The van der Waals surface area contributed by atoms with Gasteiger partial charge in [-0.1, -0.05) is 66.2 Å². The zero-order valence-corrected chi connectivity index (χ0v) is 22.5. The molecular weight excluding hydrogens is 506 g/mol. The number of hydrogen-bond donors (Lipinski definition) is 4. The van der Waals surface area contributed by atoms with Crippen LogP contribution in [0.1, 0.15) is 30.1 Å². The molecule has 0 saturated heterocycles. The molecule has 0 spiro atoms. The van der Waals surface area contributed by atoms with E-state index in [9.17, 15) is 14.7 Å². The van der Waals surface area contributed by atoms with E-state index in [0.29, 0.717) is 40.9 Å². The third kappa shape index (κ3) is 7.18. The molecular formula is C32H33N3O5. The second-order valence-electron chi connectivity index (χ2n) is 9.37. The average molecular weight is 540 g/mol. The fraction of sp³-hybridized carbons (Fsp3) is 0.188. The molecule has 0 radical (unpaired) electrons. The van der Waals surface area contributed by atoms with Crippen LogP contribution in [0.25, 0.3) is 10.8 Å². The second-order valence-corrected chi connectivity index (χ2v) is 9.37. The number of phenolic OH excluding ortho intramolecular Hbond substituents is 1. The monoisotopic (exact) mass is 539 g/mol. The lowest BCUT2D eigenvalue weighted by Gasteiger charge is -2.27. The van der Waals surface area contributed by atoms with Gasteiger partial charge in [-0.25, -0.2) is 4.79 Å². The normalized spacial score (nSPS) is 12.7. The molecule has 0 bridgehead atoms. The van der Waals surface area contributed by atoms with Crippen molar-refractivity contribution in [1.82, 2.24) is 0 Å². The molecule has 8 nitrogen and oxygen atoms in total. The number of methoxy groups -OCH3 is 1. The Labute approximate surface area is 233 Å². The van der Waals surface area contributed by atoms with Crippen molar-refractivity contribution in [1.29, 1.82) is 0 Å². The SMILES string of the molecule is CO[C@@H](CC/C=C/C(=O)Nc1ccccc1N)[C@@H](OC(=O)Nc1ccc(C)cc1)c1ccc(O)c2ccccc12. The predicted molar refractivity (Wildman–Crippen MR) is 158 cm³/mol. The maximum absolute atomic E-state index is 13.0. The summed E-state index contributed by atoms with van der Waals surface area (Å²) in [5, 5.41) is 17.3. The molecule has 0 saturated carbocycles. The second kappa shape index (κ2) is 13.3. The van der Waals surface area contributed by atoms with Crippen molar-refractivity contribution < 1.29 is 24.2 Å². The van der Waals surface area contributed by atoms with Gasteiger partial charge >= 0.3 is 6.09 Å². The number of para-hydroxylation sites is 2.